The Balaban J connectivity index is 2.18. The largest absolute Gasteiger partial charge is 0.516 e. The molecule has 1 aliphatic heterocycles. The van der Waals surface area contributed by atoms with Gasteiger partial charge in [0.05, 0.1) is 42.1 Å². The van der Waals surface area contributed by atoms with Gasteiger partial charge in [0, 0.05) is 13.2 Å². The van der Waals surface area contributed by atoms with Crippen LogP contribution in [0.5, 0.6) is 0 Å². The molecule has 0 unspecified atom stereocenters. The molecule has 0 amide bonds. The number of ether oxygens (including phenoxy) is 1. The second-order valence-corrected chi connectivity index (χ2v) is 5.12. The first-order valence-electron chi connectivity index (χ1n) is 8.12. The average Bonchev–Trinajstić information content (AvgIpc) is 2.56. The first-order valence-corrected chi connectivity index (χ1v) is 5.62. The van der Waals surface area contributed by atoms with Crippen LogP contribution in [-0.4, -0.2) is 35.3 Å². The van der Waals surface area contributed by atoms with Crippen molar-refractivity contribution >= 4 is 12.7 Å². The highest BCUT2D eigenvalue weighted by atomic mass is 16.7. The predicted octanol–water partition coefficient (Wildman–Crippen LogP) is 0.922. The third-order valence-electron chi connectivity index (χ3n) is 3.32. The number of hydrogen-bond acceptors (Lipinski definition) is 5. The van der Waals surface area contributed by atoms with Crippen molar-refractivity contribution in [1.82, 2.24) is 9.97 Å². The highest BCUT2D eigenvalue weighted by Gasteiger charge is 2.52. The lowest BCUT2D eigenvalue weighted by Crippen LogP contribution is -2.41. The van der Waals surface area contributed by atoms with E-state index in [2.05, 4.69) is 14.7 Å². The Bertz CT molecular complexity index is 561. The van der Waals surface area contributed by atoms with Crippen LogP contribution in [0.25, 0.3) is 0 Å². The first-order chi connectivity index (χ1) is 10.2. The van der Waals surface area contributed by atoms with Gasteiger partial charge in [-0.15, -0.1) is 0 Å². The monoisotopic (exact) mass is 255 g/mol. The van der Waals surface area contributed by atoms with E-state index >= 15 is 0 Å². The van der Waals surface area contributed by atoms with E-state index in [9.17, 15) is 0 Å². The van der Waals surface area contributed by atoms with Crippen LogP contribution in [0.4, 0.5) is 0 Å². The summed E-state index contributed by atoms with van der Waals surface area (Å²) in [6.07, 6.45) is 2.41. The third-order valence-corrected chi connectivity index (χ3v) is 3.32. The fraction of sp³-hybridized carbons (Fsp3) is 0.667. The molecule has 2 heterocycles. The van der Waals surface area contributed by atoms with Gasteiger partial charge >= 0.3 is 7.12 Å². The quantitative estimate of drug-likeness (QED) is 0.752. The minimum atomic E-state index is -2.88. The summed E-state index contributed by atoms with van der Waals surface area (Å²) in [6.45, 7) is 5.02. The van der Waals surface area contributed by atoms with E-state index < -0.39 is 31.9 Å². The summed E-state index contributed by atoms with van der Waals surface area (Å²) >= 11 is 0. The number of aromatic nitrogens is 2. The van der Waals surface area contributed by atoms with E-state index in [1.807, 2.05) is 27.7 Å². The second kappa shape index (κ2) is 4.61. The standard InChI is InChI=1S/C12H19BN2O3/c1-11(2)12(3,4)18-13(17-11)10-7-14-9(6-15-10)8-16-5/h6-7H,8H2,1-5H3/i5D3,8D2. The van der Waals surface area contributed by atoms with Gasteiger partial charge in [0.1, 0.15) is 0 Å². The molecule has 1 fully saturated rings. The molecule has 1 aromatic rings. The summed E-state index contributed by atoms with van der Waals surface area (Å²) in [5, 5.41) is 0. The molecule has 0 radical (unpaired) electrons. The molecule has 0 aliphatic carbocycles. The Morgan fingerprint density at radius 1 is 1.28 bits per heavy atom. The first kappa shape index (κ1) is 8.25. The average molecular weight is 255 g/mol. The molecule has 0 bridgehead atoms. The fourth-order valence-corrected chi connectivity index (χ4v) is 1.53. The molecule has 2 rings (SSSR count). The summed E-state index contributed by atoms with van der Waals surface area (Å²) in [4.78, 5) is 7.97. The van der Waals surface area contributed by atoms with Crippen molar-refractivity contribution in [3.05, 3.63) is 18.1 Å². The molecule has 0 spiro atoms. The predicted molar refractivity (Wildman–Crippen MR) is 68.5 cm³/mol. The van der Waals surface area contributed by atoms with Gasteiger partial charge in [-0.1, -0.05) is 0 Å². The molecule has 18 heavy (non-hydrogen) atoms. The van der Waals surface area contributed by atoms with Crippen molar-refractivity contribution < 1.29 is 20.9 Å². The zero-order valence-corrected chi connectivity index (χ0v) is 10.9. The Morgan fingerprint density at radius 3 is 2.44 bits per heavy atom. The van der Waals surface area contributed by atoms with Gasteiger partial charge in [-0.25, -0.2) is 0 Å². The van der Waals surface area contributed by atoms with Gasteiger partial charge in [-0.3, -0.25) is 9.97 Å². The van der Waals surface area contributed by atoms with E-state index in [1.165, 1.54) is 6.20 Å². The normalized spacial score (nSPS) is 26.9. The molecule has 0 N–H and O–H groups in total. The molecular weight excluding hydrogens is 231 g/mol. The van der Waals surface area contributed by atoms with Gasteiger partial charge in [-0.05, 0) is 27.7 Å². The smallest absolute Gasteiger partial charge is 0.398 e. The minimum Gasteiger partial charge on any atom is -0.398 e. The lowest BCUT2D eigenvalue weighted by atomic mass is 9.85. The zero-order valence-electron chi connectivity index (χ0n) is 15.9. The van der Waals surface area contributed by atoms with E-state index in [1.54, 1.807) is 0 Å². The van der Waals surface area contributed by atoms with Crippen LogP contribution in [0.15, 0.2) is 12.4 Å². The van der Waals surface area contributed by atoms with Gasteiger partial charge in [0.15, 0.2) is 0 Å². The molecule has 0 aromatic carbocycles. The molecule has 1 aromatic heterocycles. The molecule has 1 aliphatic rings. The third kappa shape index (κ3) is 2.41. The van der Waals surface area contributed by atoms with E-state index in [4.69, 9.17) is 16.2 Å². The molecule has 0 saturated carbocycles. The van der Waals surface area contributed by atoms with E-state index in [0.717, 1.165) is 6.20 Å². The summed E-state index contributed by atoms with van der Waals surface area (Å²) in [7, 11) is -3.61. The van der Waals surface area contributed by atoms with Crippen molar-refractivity contribution in [2.45, 2.75) is 45.5 Å². The molecule has 1 saturated heterocycles. The Kier molecular flexibility index (Phi) is 2.11. The Hall–Kier alpha value is -0.975. The highest BCUT2D eigenvalue weighted by molar-refractivity contribution is 6.61. The van der Waals surface area contributed by atoms with Crippen LogP contribution < -0.4 is 5.59 Å². The maximum absolute atomic E-state index is 7.65. The van der Waals surface area contributed by atoms with Crippen LogP contribution >= 0.6 is 0 Å². The Labute approximate surface area is 115 Å². The number of hydrogen-bond donors (Lipinski definition) is 0. The van der Waals surface area contributed by atoms with Gasteiger partial charge < -0.3 is 14.0 Å². The van der Waals surface area contributed by atoms with Gasteiger partial charge in [-0.2, -0.15) is 0 Å². The molecular formula is C12H19BN2O3. The SMILES string of the molecule is [2H]C([2H])([2H])OC([2H])([2H])c1cnc(B2OC(C)(C)C(C)(C)O2)cn1. The van der Waals surface area contributed by atoms with E-state index in [-0.39, 0.29) is 5.69 Å². The molecule has 5 nitrogen and oxygen atoms in total. The van der Waals surface area contributed by atoms with Crippen molar-refractivity contribution in [3.8, 4) is 0 Å². The second-order valence-electron chi connectivity index (χ2n) is 5.12. The van der Waals surface area contributed by atoms with Crippen molar-refractivity contribution in [3.63, 3.8) is 0 Å². The van der Waals surface area contributed by atoms with Crippen LogP contribution in [0.2, 0.25) is 0 Å². The summed E-state index contributed by atoms with van der Waals surface area (Å²) in [6, 6.07) is 0. The number of rotatable bonds is 3. The number of nitrogens with zero attached hydrogens (tertiary/aromatic N) is 2. The van der Waals surface area contributed by atoms with Crippen molar-refractivity contribution in [1.29, 1.82) is 0 Å². The molecule has 6 heteroatoms. The minimum absolute atomic E-state index is 0.242. The van der Waals surface area contributed by atoms with Crippen LogP contribution in [-0.2, 0) is 20.6 Å². The highest BCUT2D eigenvalue weighted by Crippen LogP contribution is 2.36. The summed E-state index contributed by atoms with van der Waals surface area (Å²) in [5.41, 5.74) is -0.931. The van der Waals surface area contributed by atoms with Crippen molar-refractivity contribution in [2.24, 2.45) is 0 Å². The lowest BCUT2D eigenvalue weighted by molar-refractivity contribution is 0.00578. The topological polar surface area (TPSA) is 53.5 Å². The van der Waals surface area contributed by atoms with Crippen LogP contribution in [0, 0.1) is 0 Å². The Morgan fingerprint density at radius 2 is 1.94 bits per heavy atom. The van der Waals surface area contributed by atoms with Gasteiger partial charge in [0.25, 0.3) is 0 Å². The maximum atomic E-state index is 7.65. The van der Waals surface area contributed by atoms with Crippen LogP contribution in [0.3, 0.4) is 0 Å². The maximum Gasteiger partial charge on any atom is 0.516 e. The zero-order chi connectivity index (χ0) is 17.7. The van der Waals surface area contributed by atoms with E-state index in [0.29, 0.717) is 5.59 Å². The molecule has 98 valence electrons. The van der Waals surface area contributed by atoms with Crippen LogP contribution in [0.1, 0.15) is 40.2 Å². The van der Waals surface area contributed by atoms with Crippen molar-refractivity contribution in [2.75, 3.05) is 7.04 Å². The summed E-state index contributed by atoms with van der Waals surface area (Å²) < 4.78 is 52.3. The number of methoxy groups -OCH3 is 1. The molecule has 0 atom stereocenters. The fourth-order valence-electron chi connectivity index (χ4n) is 1.53. The lowest BCUT2D eigenvalue weighted by Gasteiger charge is -2.32. The van der Waals surface area contributed by atoms with Gasteiger partial charge in [0.2, 0.25) is 0 Å². The summed E-state index contributed by atoms with van der Waals surface area (Å²) in [5.74, 6) is 0.